The minimum atomic E-state index is -0.0617. The van der Waals surface area contributed by atoms with E-state index in [1.54, 1.807) is 0 Å². The lowest BCUT2D eigenvalue weighted by atomic mass is 9.92. The monoisotopic (exact) mass is 640 g/mol. The Labute approximate surface area is 280 Å². The highest BCUT2D eigenvalue weighted by Gasteiger charge is 2.11. The first-order chi connectivity index (χ1) is 22.1. The Morgan fingerprint density at radius 3 is 1.40 bits per heavy atom. The second-order valence-corrected chi connectivity index (χ2v) is 13.5. The first-order valence-corrected chi connectivity index (χ1v) is 19.7. The third-order valence-corrected chi connectivity index (χ3v) is 9.11. The van der Waals surface area contributed by atoms with Crippen LogP contribution in [0, 0.1) is 5.92 Å². The van der Waals surface area contributed by atoms with Gasteiger partial charge in [0.1, 0.15) is 0 Å². The molecule has 1 N–H and O–H groups in total. The molecular weight excluding hydrogens is 562 g/mol. The summed E-state index contributed by atoms with van der Waals surface area (Å²) < 4.78 is 11.0. The molecule has 0 rings (SSSR count). The first kappa shape index (κ1) is 43.9. The lowest BCUT2D eigenvalue weighted by Crippen LogP contribution is -2.29. The van der Waals surface area contributed by atoms with Gasteiger partial charge in [-0.3, -0.25) is 9.59 Å². The van der Waals surface area contributed by atoms with Gasteiger partial charge in [-0.2, -0.15) is 0 Å². The van der Waals surface area contributed by atoms with Crippen LogP contribution in [-0.4, -0.2) is 61.4 Å². The molecule has 45 heavy (non-hydrogen) atoms. The summed E-state index contributed by atoms with van der Waals surface area (Å²) in [6.07, 6.45) is 30.8. The quantitative estimate of drug-likeness (QED) is 0.0543. The topological polar surface area (TPSA) is 76.1 Å². The summed E-state index contributed by atoms with van der Waals surface area (Å²) >= 11 is 0. The zero-order chi connectivity index (χ0) is 33.1. The van der Waals surface area contributed by atoms with E-state index in [4.69, 9.17) is 9.47 Å². The van der Waals surface area contributed by atoms with E-state index in [0.29, 0.717) is 38.5 Å². The lowest BCUT2D eigenvalue weighted by Gasteiger charge is -2.21. The summed E-state index contributed by atoms with van der Waals surface area (Å²) in [5, 5.41) is 9.47. The largest absolute Gasteiger partial charge is 0.466 e. The molecular formula is C39H77NO5. The van der Waals surface area contributed by atoms with E-state index in [-0.39, 0.29) is 18.5 Å². The maximum absolute atomic E-state index is 12.3. The van der Waals surface area contributed by atoms with Crippen molar-refractivity contribution in [3.63, 3.8) is 0 Å². The highest BCUT2D eigenvalue weighted by molar-refractivity contribution is 5.69. The summed E-state index contributed by atoms with van der Waals surface area (Å²) in [5.74, 6) is 0.588. The Morgan fingerprint density at radius 2 is 0.911 bits per heavy atom. The van der Waals surface area contributed by atoms with E-state index in [2.05, 4.69) is 25.7 Å². The van der Waals surface area contributed by atoms with E-state index in [0.717, 1.165) is 70.9 Å². The van der Waals surface area contributed by atoms with Crippen LogP contribution in [0.2, 0.25) is 0 Å². The number of carbonyl (C=O) groups excluding carboxylic acids is 2. The number of esters is 2. The molecule has 0 unspecified atom stereocenters. The highest BCUT2D eigenvalue weighted by Crippen LogP contribution is 2.22. The summed E-state index contributed by atoms with van der Waals surface area (Å²) in [7, 11) is 0. The van der Waals surface area contributed by atoms with Crippen molar-refractivity contribution < 1.29 is 24.2 Å². The molecule has 0 heterocycles. The molecule has 6 heteroatoms. The van der Waals surface area contributed by atoms with E-state index in [9.17, 15) is 14.7 Å². The van der Waals surface area contributed by atoms with Gasteiger partial charge in [0, 0.05) is 19.4 Å². The Balaban J connectivity index is 3.88. The molecule has 0 aromatic carbocycles. The van der Waals surface area contributed by atoms with Gasteiger partial charge in [0.05, 0.1) is 19.8 Å². The molecule has 6 nitrogen and oxygen atoms in total. The van der Waals surface area contributed by atoms with Crippen LogP contribution in [0.15, 0.2) is 0 Å². The van der Waals surface area contributed by atoms with Crippen LogP contribution in [-0.2, 0) is 19.1 Å². The molecule has 0 aliphatic carbocycles. The van der Waals surface area contributed by atoms with Crippen LogP contribution in [0.4, 0.5) is 0 Å². The van der Waals surface area contributed by atoms with Gasteiger partial charge >= 0.3 is 11.9 Å². The SMILES string of the molecule is CCCCCCCCCCOC(=O)CCCCCN(CCO)CCCCCC(=O)OCCC(CCCCCC)CCCCCC. The zero-order valence-electron chi connectivity index (χ0n) is 30.4. The minimum absolute atomic E-state index is 0.0470. The molecule has 0 saturated heterocycles. The van der Waals surface area contributed by atoms with Crippen LogP contribution in [0.1, 0.15) is 194 Å². The predicted molar refractivity (Wildman–Crippen MR) is 191 cm³/mol. The molecule has 0 spiro atoms. The van der Waals surface area contributed by atoms with Crippen molar-refractivity contribution in [2.24, 2.45) is 5.92 Å². The highest BCUT2D eigenvalue weighted by atomic mass is 16.5. The Hall–Kier alpha value is -1.14. The van der Waals surface area contributed by atoms with Gasteiger partial charge in [-0.05, 0) is 57.5 Å². The van der Waals surface area contributed by atoms with Crippen LogP contribution < -0.4 is 0 Å². The van der Waals surface area contributed by atoms with Crippen molar-refractivity contribution in [1.29, 1.82) is 0 Å². The second-order valence-electron chi connectivity index (χ2n) is 13.5. The Morgan fingerprint density at radius 1 is 0.489 bits per heavy atom. The van der Waals surface area contributed by atoms with Gasteiger partial charge in [0.2, 0.25) is 0 Å². The number of aliphatic hydroxyl groups excluding tert-OH is 1. The smallest absolute Gasteiger partial charge is 0.305 e. The third kappa shape index (κ3) is 32.6. The Bertz CT molecular complexity index is 617. The van der Waals surface area contributed by atoms with Crippen molar-refractivity contribution in [1.82, 2.24) is 4.90 Å². The van der Waals surface area contributed by atoms with Crippen molar-refractivity contribution in [3.05, 3.63) is 0 Å². The Kier molecular flexibility index (Phi) is 34.8. The first-order valence-electron chi connectivity index (χ1n) is 19.7. The zero-order valence-corrected chi connectivity index (χ0v) is 30.4. The van der Waals surface area contributed by atoms with Crippen molar-refractivity contribution in [2.75, 3.05) is 39.5 Å². The number of ether oxygens (including phenoxy) is 2. The number of carbonyl (C=O) groups is 2. The molecule has 0 aliphatic heterocycles. The maximum Gasteiger partial charge on any atom is 0.305 e. The van der Waals surface area contributed by atoms with Gasteiger partial charge < -0.3 is 19.5 Å². The molecule has 0 aromatic rings. The van der Waals surface area contributed by atoms with E-state index in [1.807, 2.05) is 0 Å². The fourth-order valence-electron chi connectivity index (χ4n) is 6.10. The summed E-state index contributed by atoms with van der Waals surface area (Å²) in [4.78, 5) is 26.6. The van der Waals surface area contributed by atoms with Crippen LogP contribution >= 0.6 is 0 Å². The number of unbranched alkanes of at least 4 members (excludes halogenated alkanes) is 17. The van der Waals surface area contributed by atoms with Gasteiger partial charge in [-0.25, -0.2) is 0 Å². The molecule has 268 valence electrons. The molecule has 0 atom stereocenters. The average Bonchev–Trinajstić information content (AvgIpc) is 3.03. The standard InChI is InChI=1S/C39H77NO5/c1-4-7-10-13-14-15-16-25-35-44-38(42)28-21-17-23-31-40(33-34-41)32-24-18-22-29-39(43)45-36-30-37(26-19-11-8-5-2)27-20-12-9-6-3/h37,41H,4-36H2,1-3H3. The number of hydrogen-bond acceptors (Lipinski definition) is 6. The lowest BCUT2D eigenvalue weighted by molar-refractivity contribution is -0.145. The second kappa shape index (κ2) is 35.7. The normalized spacial score (nSPS) is 11.5. The van der Waals surface area contributed by atoms with Crippen LogP contribution in [0.25, 0.3) is 0 Å². The molecule has 0 saturated carbocycles. The van der Waals surface area contributed by atoms with Gasteiger partial charge in [-0.15, -0.1) is 0 Å². The van der Waals surface area contributed by atoms with E-state index < -0.39 is 0 Å². The van der Waals surface area contributed by atoms with Crippen molar-refractivity contribution in [3.8, 4) is 0 Å². The molecule has 0 amide bonds. The number of rotatable bonds is 36. The van der Waals surface area contributed by atoms with E-state index >= 15 is 0 Å². The van der Waals surface area contributed by atoms with E-state index in [1.165, 1.54) is 103 Å². The molecule has 0 bridgehead atoms. The fourth-order valence-corrected chi connectivity index (χ4v) is 6.10. The maximum atomic E-state index is 12.3. The predicted octanol–water partition coefficient (Wildman–Crippen LogP) is 10.6. The molecule has 0 aromatic heterocycles. The molecule has 0 fully saturated rings. The van der Waals surface area contributed by atoms with Gasteiger partial charge in [0.25, 0.3) is 0 Å². The fraction of sp³-hybridized carbons (Fsp3) is 0.949. The summed E-state index contributed by atoms with van der Waals surface area (Å²) in [6.45, 7) is 10.6. The number of nitrogens with zero attached hydrogens (tertiary/aromatic N) is 1. The summed E-state index contributed by atoms with van der Waals surface area (Å²) in [6, 6.07) is 0. The number of hydrogen-bond donors (Lipinski definition) is 1. The van der Waals surface area contributed by atoms with Crippen LogP contribution in [0.3, 0.4) is 0 Å². The average molecular weight is 640 g/mol. The molecule has 0 radical (unpaired) electrons. The van der Waals surface area contributed by atoms with Gasteiger partial charge in [-0.1, -0.05) is 143 Å². The van der Waals surface area contributed by atoms with Gasteiger partial charge in [0.15, 0.2) is 0 Å². The van der Waals surface area contributed by atoms with Crippen molar-refractivity contribution in [2.45, 2.75) is 194 Å². The van der Waals surface area contributed by atoms with Crippen molar-refractivity contribution >= 4 is 11.9 Å². The number of aliphatic hydroxyl groups is 1. The van der Waals surface area contributed by atoms with Crippen LogP contribution in [0.5, 0.6) is 0 Å². The summed E-state index contributed by atoms with van der Waals surface area (Å²) in [5.41, 5.74) is 0. The minimum Gasteiger partial charge on any atom is -0.466 e. The third-order valence-electron chi connectivity index (χ3n) is 9.11. The molecule has 0 aliphatic rings.